The topological polar surface area (TPSA) is 12.9 Å². The predicted octanol–water partition coefficient (Wildman–Crippen LogP) is 3.38. The fourth-order valence-electron chi connectivity index (χ4n) is 1.37. The maximum atomic E-state index is 4.42. The van der Waals surface area contributed by atoms with Gasteiger partial charge in [0.1, 0.15) is 0 Å². The standard InChI is InChI=1S/C12H19N/c1-3-5-6-7-12-9-8-11(4-2)10-13-12/h8-10H,3-7H2,1-2H3. The molecule has 0 N–H and O–H groups in total. The van der Waals surface area contributed by atoms with E-state index in [9.17, 15) is 0 Å². The SMILES string of the molecule is CCCCCc1ccc(CC)cn1. The summed E-state index contributed by atoms with van der Waals surface area (Å²) in [4.78, 5) is 4.42. The Morgan fingerprint density at radius 3 is 2.54 bits per heavy atom. The molecule has 1 heterocycles. The van der Waals surface area contributed by atoms with Gasteiger partial charge in [-0.25, -0.2) is 0 Å². The van der Waals surface area contributed by atoms with Crippen LogP contribution in [0.1, 0.15) is 44.4 Å². The van der Waals surface area contributed by atoms with Crippen LogP contribution in [0.4, 0.5) is 0 Å². The summed E-state index contributed by atoms with van der Waals surface area (Å²) in [6.45, 7) is 4.39. The molecule has 1 aromatic rings. The Morgan fingerprint density at radius 2 is 2.00 bits per heavy atom. The Bertz CT molecular complexity index is 225. The smallest absolute Gasteiger partial charge is 0.0403 e. The van der Waals surface area contributed by atoms with Crippen LogP contribution in [0.15, 0.2) is 18.3 Å². The quantitative estimate of drug-likeness (QED) is 0.628. The molecule has 0 bridgehead atoms. The lowest BCUT2D eigenvalue weighted by molar-refractivity contribution is 0.707. The highest BCUT2D eigenvalue weighted by molar-refractivity contribution is 5.13. The Labute approximate surface area is 81.2 Å². The molecule has 72 valence electrons. The van der Waals surface area contributed by atoms with E-state index in [1.807, 2.05) is 6.20 Å². The summed E-state index contributed by atoms with van der Waals surface area (Å²) in [5.74, 6) is 0. The van der Waals surface area contributed by atoms with E-state index in [2.05, 4.69) is 31.0 Å². The first-order chi connectivity index (χ1) is 6.36. The number of nitrogens with zero attached hydrogens (tertiary/aromatic N) is 1. The lowest BCUT2D eigenvalue weighted by Crippen LogP contribution is -1.91. The number of aromatic nitrogens is 1. The molecule has 0 atom stereocenters. The van der Waals surface area contributed by atoms with Gasteiger partial charge in [-0.2, -0.15) is 0 Å². The molecule has 0 radical (unpaired) electrons. The zero-order chi connectivity index (χ0) is 9.52. The zero-order valence-corrected chi connectivity index (χ0v) is 8.71. The first-order valence-corrected chi connectivity index (χ1v) is 5.30. The van der Waals surface area contributed by atoms with Crippen molar-refractivity contribution in [2.75, 3.05) is 0 Å². The van der Waals surface area contributed by atoms with Crippen molar-refractivity contribution in [2.24, 2.45) is 0 Å². The second-order valence-electron chi connectivity index (χ2n) is 3.47. The highest BCUT2D eigenvalue weighted by Gasteiger charge is 1.94. The van der Waals surface area contributed by atoms with Gasteiger partial charge in [0.25, 0.3) is 0 Å². The summed E-state index contributed by atoms with van der Waals surface area (Å²) >= 11 is 0. The van der Waals surface area contributed by atoms with Gasteiger partial charge in [-0.1, -0.05) is 32.8 Å². The van der Waals surface area contributed by atoms with Crippen LogP contribution in [0.3, 0.4) is 0 Å². The Hall–Kier alpha value is -0.850. The average Bonchev–Trinajstić information content (AvgIpc) is 2.19. The van der Waals surface area contributed by atoms with Crippen molar-refractivity contribution in [1.29, 1.82) is 0 Å². The van der Waals surface area contributed by atoms with E-state index >= 15 is 0 Å². The Morgan fingerprint density at radius 1 is 1.15 bits per heavy atom. The van der Waals surface area contributed by atoms with Crippen LogP contribution in [-0.2, 0) is 12.8 Å². The molecule has 0 aliphatic rings. The van der Waals surface area contributed by atoms with Crippen molar-refractivity contribution < 1.29 is 0 Å². The van der Waals surface area contributed by atoms with E-state index in [1.165, 1.54) is 30.5 Å². The van der Waals surface area contributed by atoms with E-state index in [1.54, 1.807) is 0 Å². The van der Waals surface area contributed by atoms with Gasteiger partial charge in [0, 0.05) is 11.9 Å². The second-order valence-corrected chi connectivity index (χ2v) is 3.47. The van der Waals surface area contributed by atoms with E-state index < -0.39 is 0 Å². The molecule has 0 aromatic carbocycles. The molecule has 1 heteroatoms. The van der Waals surface area contributed by atoms with Gasteiger partial charge >= 0.3 is 0 Å². The summed E-state index contributed by atoms with van der Waals surface area (Å²) in [6, 6.07) is 4.35. The van der Waals surface area contributed by atoms with Crippen LogP contribution in [0, 0.1) is 0 Å². The number of hydrogen-bond donors (Lipinski definition) is 0. The van der Waals surface area contributed by atoms with Crippen molar-refractivity contribution in [2.45, 2.75) is 46.0 Å². The minimum atomic E-state index is 1.09. The third kappa shape index (κ3) is 3.58. The molecule has 0 aliphatic carbocycles. The number of pyridine rings is 1. The molecular weight excluding hydrogens is 158 g/mol. The normalized spacial score (nSPS) is 10.3. The highest BCUT2D eigenvalue weighted by Crippen LogP contribution is 2.05. The van der Waals surface area contributed by atoms with Crippen LogP contribution in [0.2, 0.25) is 0 Å². The van der Waals surface area contributed by atoms with E-state index in [0.29, 0.717) is 0 Å². The van der Waals surface area contributed by atoms with E-state index in [4.69, 9.17) is 0 Å². The van der Waals surface area contributed by atoms with Crippen LogP contribution >= 0.6 is 0 Å². The fraction of sp³-hybridized carbons (Fsp3) is 0.583. The second kappa shape index (κ2) is 5.74. The summed E-state index contributed by atoms with van der Waals surface area (Å²) in [7, 11) is 0. The molecule has 0 fully saturated rings. The van der Waals surface area contributed by atoms with Crippen molar-refractivity contribution in [1.82, 2.24) is 4.98 Å². The van der Waals surface area contributed by atoms with Gasteiger partial charge in [0.2, 0.25) is 0 Å². The molecule has 0 amide bonds. The molecule has 0 saturated carbocycles. The van der Waals surface area contributed by atoms with Crippen molar-refractivity contribution in [3.05, 3.63) is 29.6 Å². The molecule has 0 spiro atoms. The van der Waals surface area contributed by atoms with Gasteiger partial charge in [-0.3, -0.25) is 4.98 Å². The van der Waals surface area contributed by atoms with Crippen molar-refractivity contribution in [3.63, 3.8) is 0 Å². The third-order valence-electron chi connectivity index (χ3n) is 2.33. The number of rotatable bonds is 5. The maximum absolute atomic E-state index is 4.42. The largest absolute Gasteiger partial charge is 0.261 e. The molecule has 1 nitrogen and oxygen atoms in total. The minimum Gasteiger partial charge on any atom is -0.261 e. The molecule has 0 unspecified atom stereocenters. The first kappa shape index (κ1) is 10.2. The summed E-state index contributed by atoms with van der Waals surface area (Å²) in [5, 5.41) is 0. The van der Waals surface area contributed by atoms with Gasteiger partial charge in [0.15, 0.2) is 0 Å². The highest BCUT2D eigenvalue weighted by atomic mass is 14.7. The van der Waals surface area contributed by atoms with Crippen molar-refractivity contribution in [3.8, 4) is 0 Å². The molecule has 1 aromatic heterocycles. The number of unbranched alkanes of at least 4 members (excludes halogenated alkanes) is 2. The monoisotopic (exact) mass is 177 g/mol. The van der Waals surface area contributed by atoms with Crippen LogP contribution < -0.4 is 0 Å². The van der Waals surface area contributed by atoms with Gasteiger partial charge < -0.3 is 0 Å². The predicted molar refractivity (Wildman–Crippen MR) is 56.8 cm³/mol. The number of aryl methyl sites for hydroxylation is 2. The van der Waals surface area contributed by atoms with Gasteiger partial charge in [-0.15, -0.1) is 0 Å². The molecular formula is C12H19N. The van der Waals surface area contributed by atoms with Crippen LogP contribution in [0.25, 0.3) is 0 Å². The lowest BCUT2D eigenvalue weighted by Gasteiger charge is -2.00. The zero-order valence-electron chi connectivity index (χ0n) is 8.71. The van der Waals surface area contributed by atoms with Crippen LogP contribution in [0.5, 0.6) is 0 Å². The average molecular weight is 177 g/mol. The summed E-state index contributed by atoms with van der Waals surface area (Å²) in [5.41, 5.74) is 2.57. The molecule has 0 aliphatic heterocycles. The maximum Gasteiger partial charge on any atom is 0.0403 e. The van der Waals surface area contributed by atoms with Gasteiger partial charge in [-0.05, 0) is 30.9 Å². The Balaban J connectivity index is 2.40. The summed E-state index contributed by atoms with van der Waals surface area (Å²) < 4.78 is 0. The molecule has 13 heavy (non-hydrogen) atoms. The third-order valence-corrected chi connectivity index (χ3v) is 2.33. The van der Waals surface area contributed by atoms with Gasteiger partial charge in [0.05, 0.1) is 0 Å². The molecule has 0 saturated heterocycles. The fourth-order valence-corrected chi connectivity index (χ4v) is 1.37. The first-order valence-electron chi connectivity index (χ1n) is 5.30. The minimum absolute atomic E-state index is 1.09. The lowest BCUT2D eigenvalue weighted by atomic mass is 10.1. The van der Waals surface area contributed by atoms with Crippen LogP contribution in [-0.4, -0.2) is 4.98 Å². The van der Waals surface area contributed by atoms with E-state index in [-0.39, 0.29) is 0 Å². The number of hydrogen-bond acceptors (Lipinski definition) is 1. The Kier molecular flexibility index (Phi) is 4.52. The molecule has 1 rings (SSSR count). The van der Waals surface area contributed by atoms with E-state index in [0.717, 1.165) is 12.8 Å². The van der Waals surface area contributed by atoms with Crippen molar-refractivity contribution >= 4 is 0 Å². The summed E-state index contributed by atoms with van der Waals surface area (Å²) in [6.07, 6.45) is 8.10.